The fourth-order valence-corrected chi connectivity index (χ4v) is 5.50. The summed E-state index contributed by atoms with van der Waals surface area (Å²) in [4.78, 5) is 16.8. The maximum Gasteiger partial charge on any atom is 0.435 e. The van der Waals surface area contributed by atoms with Crippen LogP contribution in [-0.4, -0.2) is 40.0 Å². The predicted molar refractivity (Wildman–Crippen MR) is 121 cm³/mol. The van der Waals surface area contributed by atoms with Crippen LogP contribution in [-0.2, 0) is 17.3 Å². The fourth-order valence-electron chi connectivity index (χ4n) is 5.19. The number of hydrogen-bond acceptors (Lipinski definition) is 3. The minimum absolute atomic E-state index is 0.0753. The first kappa shape index (κ1) is 26.1. The number of halogens is 6. The molecule has 2 aromatic rings. The number of carbonyl (C=O) groups excluding carboxylic acids is 1. The Hall–Kier alpha value is -1.94. The molecule has 11 heteroatoms. The van der Waals surface area contributed by atoms with Crippen molar-refractivity contribution in [2.24, 2.45) is 11.8 Å². The Morgan fingerprint density at radius 1 is 1.17 bits per heavy atom. The number of pyridine rings is 1. The molecule has 1 saturated heterocycles. The summed E-state index contributed by atoms with van der Waals surface area (Å²) in [5, 5.41) is 2.89. The highest BCUT2D eigenvalue weighted by molar-refractivity contribution is 6.30. The molecule has 5 nitrogen and oxygen atoms in total. The number of nitrogens with zero attached hydrogens (tertiary/aromatic N) is 2. The Bertz CT molecular complexity index is 1080. The van der Waals surface area contributed by atoms with Crippen LogP contribution in [0.3, 0.4) is 0 Å². The van der Waals surface area contributed by atoms with E-state index in [1.54, 1.807) is 0 Å². The van der Waals surface area contributed by atoms with Crippen LogP contribution in [0.2, 0.25) is 5.15 Å². The first-order valence-corrected chi connectivity index (χ1v) is 12.2. The lowest BCUT2D eigenvalue weighted by Crippen LogP contribution is -2.50. The molecular weight excluding hydrogens is 493 g/mol. The van der Waals surface area contributed by atoms with Crippen molar-refractivity contribution in [1.82, 2.24) is 14.7 Å². The number of nitrogens with one attached hydrogen (secondary N) is 1. The second-order valence-corrected chi connectivity index (χ2v) is 10.6. The zero-order valence-electron chi connectivity index (χ0n) is 19.7. The first-order valence-electron chi connectivity index (χ1n) is 11.8. The molecular formula is C24H29ClF5N3O2. The zero-order valence-corrected chi connectivity index (χ0v) is 20.4. The molecule has 0 unspecified atom stereocenters. The van der Waals surface area contributed by atoms with Gasteiger partial charge in [0.2, 0.25) is 5.92 Å². The van der Waals surface area contributed by atoms with Gasteiger partial charge in [0, 0.05) is 37.2 Å². The average Bonchev–Trinajstić information content (AvgIpc) is 3.15. The van der Waals surface area contributed by atoms with Crippen LogP contribution in [0.1, 0.15) is 74.1 Å². The van der Waals surface area contributed by atoms with Gasteiger partial charge in [-0.15, -0.1) is 0 Å². The van der Waals surface area contributed by atoms with E-state index in [0.29, 0.717) is 13.2 Å². The topological polar surface area (TPSA) is 55.6 Å². The summed E-state index contributed by atoms with van der Waals surface area (Å²) >= 11 is 6.40. The predicted octanol–water partition coefficient (Wildman–Crippen LogP) is 6.31. The van der Waals surface area contributed by atoms with Crippen LogP contribution in [0, 0.1) is 11.8 Å². The third kappa shape index (κ3) is 5.74. The summed E-state index contributed by atoms with van der Waals surface area (Å²) in [6, 6.07) is 2.61. The maximum absolute atomic E-state index is 13.9. The van der Waals surface area contributed by atoms with Gasteiger partial charge in [0.05, 0.1) is 5.69 Å². The number of fused-ring (bicyclic) bond motifs is 1. The van der Waals surface area contributed by atoms with E-state index in [-0.39, 0.29) is 66.0 Å². The Morgan fingerprint density at radius 2 is 1.80 bits per heavy atom. The third-order valence-electron chi connectivity index (χ3n) is 7.30. The van der Waals surface area contributed by atoms with E-state index in [9.17, 15) is 26.7 Å². The fraction of sp³-hybridized carbons (Fsp3) is 0.667. The largest absolute Gasteiger partial charge is 0.435 e. The Morgan fingerprint density at radius 3 is 2.40 bits per heavy atom. The van der Waals surface area contributed by atoms with Crippen molar-refractivity contribution in [3.05, 3.63) is 34.2 Å². The van der Waals surface area contributed by atoms with Crippen molar-refractivity contribution >= 4 is 23.2 Å². The molecule has 1 N–H and O–H groups in total. The number of imidazole rings is 1. The molecule has 2 aromatic heterocycles. The molecule has 35 heavy (non-hydrogen) atoms. The molecule has 1 aliphatic heterocycles. The summed E-state index contributed by atoms with van der Waals surface area (Å²) in [5.41, 5.74) is -1.82. The highest BCUT2D eigenvalue weighted by Gasteiger charge is 2.41. The van der Waals surface area contributed by atoms with Crippen molar-refractivity contribution in [2.45, 2.75) is 76.4 Å². The van der Waals surface area contributed by atoms with Crippen LogP contribution in [0.25, 0.3) is 5.65 Å². The SMILES string of the molecule is CC(C)(NC(=O)c1cc(Cl)n2c(CC3CCC(F)(F)CC3)c(C(F)(F)F)nc2c1)C1CCOCC1. The summed E-state index contributed by atoms with van der Waals surface area (Å²) in [6.45, 7) is 5.03. The van der Waals surface area contributed by atoms with Gasteiger partial charge in [-0.25, -0.2) is 13.8 Å². The van der Waals surface area contributed by atoms with E-state index in [0.717, 1.165) is 12.8 Å². The van der Waals surface area contributed by atoms with Gasteiger partial charge in [0.1, 0.15) is 10.8 Å². The van der Waals surface area contributed by atoms with Crippen LogP contribution in [0.15, 0.2) is 12.1 Å². The average molecular weight is 522 g/mol. The van der Waals surface area contributed by atoms with E-state index in [1.807, 2.05) is 13.8 Å². The number of ether oxygens (including phenoxy) is 1. The summed E-state index contributed by atoms with van der Waals surface area (Å²) in [6.07, 6.45) is -3.70. The van der Waals surface area contributed by atoms with Crippen LogP contribution in [0.4, 0.5) is 22.0 Å². The van der Waals surface area contributed by atoms with Crippen molar-refractivity contribution < 1.29 is 31.5 Å². The van der Waals surface area contributed by atoms with Gasteiger partial charge in [0.15, 0.2) is 5.69 Å². The third-order valence-corrected chi connectivity index (χ3v) is 7.58. The van der Waals surface area contributed by atoms with E-state index in [4.69, 9.17) is 16.3 Å². The van der Waals surface area contributed by atoms with Crippen LogP contribution >= 0.6 is 11.6 Å². The van der Waals surface area contributed by atoms with Crippen molar-refractivity contribution in [1.29, 1.82) is 0 Å². The minimum atomic E-state index is -4.75. The Kier molecular flexibility index (Phi) is 7.09. The molecule has 2 aliphatic rings. The minimum Gasteiger partial charge on any atom is -0.381 e. The van der Waals surface area contributed by atoms with E-state index in [2.05, 4.69) is 10.3 Å². The zero-order chi connectivity index (χ0) is 25.6. The molecule has 4 rings (SSSR count). The highest BCUT2D eigenvalue weighted by Crippen LogP contribution is 2.40. The number of carbonyl (C=O) groups is 1. The number of amides is 1. The number of alkyl halides is 5. The van der Waals surface area contributed by atoms with Gasteiger partial charge in [-0.2, -0.15) is 13.2 Å². The molecule has 0 atom stereocenters. The Labute approximate surface area is 205 Å². The van der Waals surface area contributed by atoms with Crippen molar-refractivity contribution in [3.8, 4) is 0 Å². The number of rotatable bonds is 5. The first-order chi connectivity index (χ1) is 16.3. The molecule has 0 radical (unpaired) electrons. The number of hydrogen-bond donors (Lipinski definition) is 1. The molecule has 0 spiro atoms. The van der Waals surface area contributed by atoms with E-state index >= 15 is 0 Å². The van der Waals surface area contributed by atoms with Crippen molar-refractivity contribution in [3.63, 3.8) is 0 Å². The second kappa shape index (κ2) is 9.50. The highest BCUT2D eigenvalue weighted by atomic mass is 35.5. The van der Waals surface area contributed by atoms with Gasteiger partial charge in [0.25, 0.3) is 5.91 Å². The molecule has 2 fully saturated rings. The standard InChI is InChI=1S/C24H29ClF5N3O2/c1-22(2,16-5-9-35-10-6-16)32-21(34)15-12-18(25)33-17(11-14-3-7-23(26,27)8-4-14)20(24(28,29)30)31-19(33)13-15/h12-14,16H,3-11H2,1-2H3,(H,32,34). The number of aromatic nitrogens is 2. The van der Waals surface area contributed by atoms with Gasteiger partial charge in [-0.1, -0.05) is 11.6 Å². The van der Waals surface area contributed by atoms with Crippen LogP contribution < -0.4 is 5.32 Å². The quantitative estimate of drug-likeness (QED) is 0.370. The normalized spacial score (nSPS) is 20.3. The van der Waals surface area contributed by atoms with Gasteiger partial charge in [-0.3, -0.25) is 9.20 Å². The van der Waals surface area contributed by atoms with Gasteiger partial charge in [-0.05, 0) is 69.9 Å². The van der Waals surface area contributed by atoms with Gasteiger partial charge < -0.3 is 10.1 Å². The molecule has 1 amide bonds. The van der Waals surface area contributed by atoms with Gasteiger partial charge >= 0.3 is 6.18 Å². The molecule has 1 aliphatic carbocycles. The van der Waals surface area contributed by atoms with Crippen molar-refractivity contribution in [2.75, 3.05) is 13.2 Å². The summed E-state index contributed by atoms with van der Waals surface area (Å²) < 4.78 is 75.2. The van der Waals surface area contributed by atoms with Crippen LogP contribution in [0.5, 0.6) is 0 Å². The Balaban J connectivity index is 1.63. The van der Waals surface area contributed by atoms with E-state index in [1.165, 1.54) is 16.5 Å². The molecule has 0 aromatic carbocycles. The second-order valence-electron chi connectivity index (χ2n) is 10.2. The summed E-state index contributed by atoms with van der Waals surface area (Å²) in [5.74, 6) is -3.38. The lowest BCUT2D eigenvalue weighted by molar-refractivity contribution is -0.141. The molecule has 3 heterocycles. The van der Waals surface area contributed by atoms with E-state index < -0.39 is 29.2 Å². The lowest BCUT2D eigenvalue weighted by atomic mass is 9.81. The molecule has 0 bridgehead atoms. The molecule has 1 saturated carbocycles. The monoisotopic (exact) mass is 521 g/mol. The lowest BCUT2D eigenvalue weighted by Gasteiger charge is -2.37. The summed E-state index contributed by atoms with van der Waals surface area (Å²) in [7, 11) is 0. The maximum atomic E-state index is 13.9. The molecule has 194 valence electrons. The smallest absolute Gasteiger partial charge is 0.381 e.